The molecule has 0 fully saturated rings. The van der Waals surface area contributed by atoms with E-state index in [4.69, 9.17) is 23.2 Å². The van der Waals surface area contributed by atoms with Crippen LogP contribution in [0.3, 0.4) is 0 Å². The topological polar surface area (TPSA) is 0 Å². The third-order valence-electron chi connectivity index (χ3n) is 2.70. The Bertz CT molecular complexity index is 656. The standard InChI is InChI=1S/C13H5Cl2F5/c14-4-5-1-2-6(15)3-7(5)8-9(16)11(18)13(20)12(19)10(8)17/h1-3H,4H2. The molecule has 0 unspecified atom stereocenters. The fraction of sp³-hybridized carbons (Fsp3) is 0.0769. The van der Waals surface area contributed by atoms with E-state index in [0.717, 1.165) is 6.07 Å². The maximum absolute atomic E-state index is 13.7. The maximum Gasteiger partial charge on any atom is 0.200 e. The lowest BCUT2D eigenvalue weighted by Gasteiger charge is -2.12. The molecule has 2 rings (SSSR count). The van der Waals surface area contributed by atoms with Crippen LogP contribution in [0.5, 0.6) is 0 Å². The van der Waals surface area contributed by atoms with Gasteiger partial charge in [-0.2, -0.15) is 0 Å². The van der Waals surface area contributed by atoms with Crippen molar-refractivity contribution in [1.82, 2.24) is 0 Å². The summed E-state index contributed by atoms with van der Waals surface area (Å²) < 4.78 is 66.8. The van der Waals surface area contributed by atoms with Gasteiger partial charge in [-0.25, -0.2) is 22.0 Å². The minimum atomic E-state index is -2.21. The van der Waals surface area contributed by atoms with Crippen molar-refractivity contribution in [3.63, 3.8) is 0 Å². The zero-order valence-corrected chi connectivity index (χ0v) is 11.1. The third kappa shape index (κ3) is 2.36. The van der Waals surface area contributed by atoms with Gasteiger partial charge >= 0.3 is 0 Å². The number of halogens is 7. The van der Waals surface area contributed by atoms with Gasteiger partial charge in [-0.15, -0.1) is 11.6 Å². The fourth-order valence-corrected chi connectivity index (χ4v) is 2.14. The van der Waals surface area contributed by atoms with Crippen LogP contribution in [0.4, 0.5) is 22.0 Å². The van der Waals surface area contributed by atoms with Crippen LogP contribution < -0.4 is 0 Å². The van der Waals surface area contributed by atoms with Crippen molar-refractivity contribution < 1.29 is 22.0 Å². The maximum atomic E-state index is 13.7. The zero-order chi connectivity index (χ0) is 15.0. The first-order chi connectivity index (χ1) is 9.38. The molecule has 106 valence electrons. The molecule has 0 nitrogen and oxygen atoms in total. The van der Waals surface area contributed by atoms with Crippen LogP contribution >= 0.6 is 23.2 Å². The molecule has 2 aromatic rings. The molecule has 0 saturated heterocycles. The summed E-state index contributed by atoms with van der Waals surface area (Å²) in [5.41, 5.74) is -1.08. The molecule has 0 bridgehead atoms. The number of hydrogen-bond acceptors (Lipinski definition) is 0. The van der Waals surface area contributed by atoms with Crippen molar-refractivity contribution in [1.29, 1.82) is 0 Å². The molecule has 2 aromatic carbocycles. The van der Waals surface area contributed by atoms with Crippen molar-refractivity contribution >= 4 is 23.2 Å². The average molecular weight is 327 g/mol. The van der Waals surface area contributed by atoms with E-state index in [2.05, 4.69) is 0 Å². The molecule has 0 spiro atoms. The van der Waals surface area contributed by atoms with Gasteiger partial charge in [-0.1, -0.05) is 17.7 Å². The predicted octanol–water partition coefficient (Wildman–Crippen LogP) is 5.44. The second-order valence-electron chi connectivity index (χ2n) is 3.88. The van der Waals surface area contributed by atoms with Crippen LogP contribution in [0.15, 0.2) is 18.2 Å². The molecule has 0 saturated carbocycles. The Labute approximate surface area is 120 Å². The highest BCUT2D eigenvalue weighted by atomic mass is 35.5. The third-order valence-corrected chi connectivity index (χ3v) is 3.22. The lowest BCUT2D eigenvalue weighted by molar-refractivity contribution is 0.381. The Morgan fingerprint density at radius 1 is 0.800 bits per heavy atom. The quantitative estimate of drug-likeness (QED) is 0.298. The highest BCUT2D eigenvalue weighted by Gasteiger charge is 2.27. The fourth-order valence-electron chi connectivity index (χ4n) is 1.74. The monoisotopic (exact) mass is 326 g/mol. The van der Waals surface area contributed by atoms with Crippen LogP contribution in [0, 0.1) is 29.1 Å². The highest BCUT2D eigenvalue weighted by Crippen LogP contribution is 2.35. The molecule has 0 amide bonds. The van der Waals surface area contributed by atoms with Gasteiger partial charge in [0.15, 0.2) is 23.3 Å². The molecule has 0 radical (unpaired) electrons. The van der Waals surface area contributed by atoms with E-state index in [0.29, 0.717) is 0 Å². The molecule has 0 aromatic heterocycles. The molecule has 20 heavy (non-hydrogen) atoms. The molecule has 0 aliphatic heterocycles. The summed E-state index contributed by atoms with van der Waals surface area (Å²) in [6, 6.07) is 3.84. The first kappa shape index (κ1) is 15.1. The Kier molecular flexibility index (Phi) is 4.20. The summed E-state index contributed by atoms with van der Waals surface area (Å²) in [4.78, 5) is 0. The molecular weight excluding hydrogens is 322 g/mol. The number of hydrogen-bond donors (Lipinski definition) is 0. The molecule has 0 N–H and O–H groups in total. The van der Waals surface area contributed by atoms with Gasteiger partial charge < -0.3 is 0 Å². The van der Waals surface area contributed by atoms with Crippen molar-refractivity contribution in [2.75, 3.05) is 0 Å². The average Bonchev–Trinajstić information content (AvgIpc) is 2.43. The lowest BCUT2D eigenvalue weighted by Crippen LogP contribution is -2.05. The molecular formula is C13H5Cl2F5. The smallest absolute Gasteiger partial charge is 0.200 e. The Morgan fingerprint density at radius 3 is 1.80 bits per heavy atom. The largest absolute Gasteiger partial charge is 0.203 e. The summed E-state index contributed by atoms with van der Waals surface area (Å²) in [7, 11) is 0. The van der Waals surface area contributed by atoms with E-state index >= 15 is 0 Å². The summed E-state index contributed by atoms with van der Waals surface area (Å²) in [5, 5.41) is 0.0813. The second-order valence-corrected chi connectivity index (χ2v) is 4.58. The van der Waals surface area contributed by atoms with Crippen molar-refractivity contribution in [3.8, 4) is 11.1 Å². The van der Waals surface area contributed by atoms with E-state index in [1.165, 1.54) is 12.1 Å². The second kappa shape index (κ2) is 5.58. The highest BCUT2D eigenvalue weighted by molar-refractivity contribution is 6.31. The molecule has 7 heteroatoms. The summed E-state index contributed by atoms with van der Waals surface area (Å²) in [6.07, 6.45) is 0. The van der Waals surface area contributed by atoms with Crippen molar-refractivity contribution in [2.24, 2.45) is 0 Å². The van der Waals surface area contributed by atoms with Gasteiger partial charge in [-0.05, 0) is 23.3 Å². The van der Waals surface area contributed by atoms with Crippen molar-refractivity contribution in [2.45, 2.75) is 5.88 Å². The molecule has 0 aliphatic carbocycles. The minimum Gasteiger partial charge on any atom is -0.203 e. The normalized spacial score (nSPS) is 10.9. The van der Waals surface area contributed by atoms with Crippen LogP contribution in [0.1, 0.15) is 5.56 Å². The molecule has 0 aliphatic rings. The SMILES string of the molecule is Fc1c(F)c(F)c(-c2cc(Cl)ccc2CCl)c(F)c1F. The number of rotatable bonds is 2. The number of benzene rings is 2. The zero-order valence-electron chi connectivity index (χ0n) is 9.58. The van der Waals surface area contributed by atoms with E-state index in [1.807, 2.05) is 0 Å². The van der Waals surface area contributed by atoms with E-state index < -0.39 is 34.6 Å². The summed E-state index contributed by atoms with van der Waals surface area (Å²) in [5.74, 6) is -10.3. The van der Waals surface area contributed by atoms with Gasteiger partial charge in [0.1, 0.15) is 0 Å². The summed E-state index contributed by atoms with van der Waals surface area (Å²) >= 11 is 11.3. The first-order valence-corrected chi connectivity index (χ1v) is 6.16. The van der Waals surface area contributed by atoms with Crippen molar-refractivity contribution in [3.05, 3.63) is 57.9 Å². The Balaban J connectivity index is 2.86. The number of alkyl halides is 1. The van der Waals surface area contributed by atoms with Gasteiger partial charge in [0.2, 0.25) is 5.82 Å². The van der Waals surface area contributed by atoms with Gasteiger partial charge in [0, 0.05) is 10.9 Å². The summed E-state index contributed by atoms with van der Waals surface area (Å²) in [6.45, 7) is 0. The Hall–Kier alpha value is -1.33. The van der Waals surface area contributed by atoms with E-state index in [1.54, 1.807) is 0 Å². The predicted molar refractivity (Wildman–Crippen MR) is 66.2 cm³/mol. The molecule has 0 heterocycles. The van der Waals surface area contributed by atoms with E-state index in [-0.39, 0.29) is 22.0 Å². The van der Waals surface area contributed by atoms with E-state index in [9.17, 15) is 22.0 Å². The Morgan fingerprint density at radius 2 is 1.30 bits per heavy atom. The van der Waals surface area contributed by atoms with Gasteiger partial charge in [-0.3, -0.25) is 0 Å². The van der Waals surface area contributed by atoms with Crippen LogP contribution in [0.2, 0.25) is 5.02 Å². The van der Waals surface area contributed by atoms with Gasteiger partial charge in [0.25, 0.3) is 0 Å². The van der Waals surface area contributed by atoms with Crippen LogP contribution in [-0.2, 0) is 5.88 Å². The van der Waals surface area contributed by atoms with Crippen LogP contribution in [-0.4, -0.2) is 0 Å². The minimum absolute atomic E-state index is 0.0813. The first-order valence-electron chi connectivity index (χ1n) is 5.24. The van der Waals surface area contributed by atoms with Gasteiger partial charge in [0.05, 0.1) is 5.56 Å². The van der Waals surface area contributed by atoms with Crippen LogP contribution in [0.25, 0.3) is 11.1 Å². The lowest BCUT2D eigenvalue weighted by atomic mass is 9.99. The molecule has 0 atom stereocenters.